The molecule has 1 atom stereocenters. The second kappa shape index (κ2) is 8.12. The highest BCUT2D eigenvalue weighted by Gasteiger charge is 2.31. The smallest absolute Gasteiger partial charge is 0.224 e. The second-order valence-corrected chi connectivity index (χ2v) is 7.40. The summed E-state index contributed by atoms with van der Waals surface area (Å²) in [5, 5.41) is 6.84. The highest BCUT2D eigenvalue weighted by Crippen LogP contribution is 2.24. The number of carbonyl (C=O) groups is 1. The SMILES string of the molecule is CC(C)N1CCC(N2CCC[C@H](C(=O)NCc3ccon3)C2)CC1. The molecule has 0 aliphatic carbocycles. The number of nitrogens with one attached hydrogen (secondary N) is 1. The van der Waals surface area contributed by atoms with Gasteiger partial charge in [0.25, 0.3) is 0 Å². The van der Waals surface area contributed by atoms with E-state index in [9.17, 15) is 4.79 Å². The van der Waals surface area contributed by atoms with Crippen LogP contribution in [0.25, 0.3) is 0 Å². The molecule has 1 amide bonds. The minimum atomic E-state index is 0.105. The van der Waals surface area contributed by atoms with E-state index >= 15 is 0 Å². The number of carbonyl (C=O) groups excluding carboxylic acids is 1. The first-order valence-corrected chi connectivity index (χ1v) is 9.28. The molecule has 0 aromatic carbocycles. The summed E-state index contributed by atoms with van der Waals surface area (Å²) in [6.45, 7) is 9.41. The van der Waals surface area contributed by atoms with Gasteiger partial charge in [-0.2, -0.15) is 0 Å². The Hall–Kier alpha value is -1.40. The van der Waals surface area contributed by atoms with Gasteiger partial charge in [-0.1, -0.05) is 5.16 Å². The zero-order chi connectivity index (χ0) is 16.9. The van der Waals surface area contributed by atoms with Crippen molar-refractivity contribution in [2.45, 2.75) is 58.2 Å². The van der Waals surface area contributed by atoms with E-state index in [1.807, 2.05) is 0 Å². The summed E-state index contributed by atoms with van der Waals surface area (Å²) in [6, 6.07) is 3.07. The Labute approximate surface area is 144 Å². The van der Waals surface area contributed by atoms with Crippen LogP contribution in [-0.2, 0) is 11.3 Å². The molecule has 0 radical (unpaired) electrons. The van der Waals surface area contributed by atoms with Crippen molar-refractivity contribution in [1.29, 1.82) is 0 Å². The predicted molar refractivity (Wildman–Crippen MR) is 92.4 cm³/mol. The van der Waals surface area contributed by atoms with Crippen molar-refractivity contribution in [1.82, 2.24) is 20.3 Å². The van der Waals surface area contributed by atoms with Gasteiger partial charge in [0.1, 0.15) is 12.0 Å². The van der Waals surface area contributed by atoms with Crippen LogP contribution in [-0.4, -0.2) is 59.1 Å². The summed E-state index contributed by atoms with van der Waals surface area (Å²) < 4.78 is 4.80. The molecule has 2 saturated heterocycles. The van der Waals surface area contributed by atoms with Gasteiger partial charge in [0.2, 0.25) is 5.91 Å². The fourth-order valence-corrected chi connectivity index (χ4v) is 3.97. The molecule has 6 heteroatoms. The monoisotopic (exact) mass is 334 g/mol. The van der Waals surface area contributed by atoms with Crippen LogP contribution in [0.1, 0.15) is 45.2 Å². The molecular formula is C18H30N4O2. The Morgan fingerprint density at radius 3 is 2.79 bits per heavy atom. The summed E-state index contributed by atoms with van der Waals surface area (Å²) in [7, 11) is 0. The van der Waals surface area contributed by atoms with Gasteiger partial charge in [-0.15, -0.1) is 0 Å². The molecule has 0 bridgehead atoms. The molecule has 134 valence electrons. The molecule has 1 aromatic heterocycles. The van der Waals surface area contributed by atoms with E-state index in [4.69, 9.17) is 4.52 Å². The third-order valence-electron chi connectivity index (χ3n) is 5.50. The van der Waals surface area contributed by atoms with Gasteiger partial charge in [-0.25, -0.2) is 0 Å². The van der Waals surface area contributed by atoms with Crippen molar-refractivity contribution in [3.05, 3.63) is 18.0 Å². The van der Waals surface area contributed by atoms with E-state index in [-0.39, 0.29) is 11.8 Å². The van der Waals surface area contributed by atoms with Gasteiger partial charge in [-0.05, 0) is 59.2 Å². The minimum Gasteiger partial charge on any atom is -0.364 e. The van der Waals surface area contributed by atoms with E-state index in [0.717, 1.165) is 31.6 Å². The van der Waals surface area contributed by atoms with Crippen LogP contribution < -0.4 is 5.32 Å². The average Bonchev–Trinajstić information content (AvgIpc) is 3.13. The lowest BCUT2D eigenvalue weighted by atomic mass is 9.93. The summed E-state index contributed by atoms with van der Waals surface area (Å²) in [5.74, 6) is 0.260. The number of rotatable bonds is 5. The number of aromatic nitrogens is 1. The number of nitrogens with zero attached hydrogens (tertiary/aromatic N) is 3. The van der Waals surface area contributed by atoms with E-state index in [2.05, 4.69) is 34.1 Å². The fourth-order valence-electron chi connectivity index (χ4n) is 3.97. The molecule has 3 heterocycles. The Bertz CT molecular complexity index is 509. The number of hydrogen-bond acceptors (Lipinski definition) is 5. The first-order valence-electron chi connectivity index (χ1n) is 9.28. The van der Waals surface area contributed by atoms with Crippen molar-refractivity contribution in [2.75, 3.05) is 26.2 Å². The quantitative estimate of drug-likeness (QED) is 0.891. The standard InChI is InChI=1S/C18H30N4O2/c1-14(2)21-9-5-17(6-10-21)22-8-3-4-15(13-22)18(23)19-12-16-7-11-24-20-16/h7,11,14-15,17H,3-6,8-10,12-13H2,1-2H3,(H,19,23)/t15-/m0/s1. The number of likely N-dealkylation sites (tertiary alicyclic amines) is 2. The van der Waals surface area contributed by atoms with Crippen LogP contribution in [0.3, 0.4) is 0 Å². The highest BCUT2D eigenvalue weighted by molar-refractivity contribution is 5.78. The molecule has 3 rings (SSSR count). The molecule has 2 fully saturated rings. The molecule has 1 aromatic rings. The zero-order valence-corrected chi connectivity index (χ0v) is 14.9. The van der Waals surface area contributed by atoms with E-state index < -0.39 is 0 Å². The zero-order valence-electron chi connectivity index (χ0n) is 14.9. The molecule has 2 aliphatic rings. The summed E-state index contributed by atoms with van der Waals surface area (Å²) in [4.78, 5) is 17.6. The summed E-state index contributed by atoms with van der Waals surface area (Å²) in [5.41, 5.74) is 0.775. The van der Waals surface area contributed by atoms with Gasteiger partial charge in [0.05, 0.1) is 12.5 Å². The second-order valence-electron chi connectivity index (χ2n) is 7.40. The fraction of sp³-hybridized carbons (Fsp3) is 0.778. The topological polar surface area (TPSA) is 61.6 Å². The van der Waals surface area contributed by atoms with Crippen molar-refractivity contribution in [3.8, 4) is 0 Å². The van der Waals surface area contributed by atoms with Gasteiger partial charge in [0.15, 0.2) is 0 Å². The lowest BCUT2D eigenvalue weighted by Gasteiger charge is -2.43. The van der Waals surface area contributed by atoms with Crippen LogP contribution in [0.2, 0.25) is 0 Å². The van der Waals surface area contributed by atoms with Crippen molar-refractivity contribution in [2.24, 2.45) is 5.92 Å². The Balaban J connectivity index is 1.46. The van der Waals surface area contributed by atoms with Crippen LogP contribution in [0.15, 0.2) is 16.9 Å². The molecule has 24 heavy (non-hydrogen) atoms. The maximum Gasteiger partial charge on any atom is 0.224 e. The highest BCUT2D eigenvalue weighted by atomic mass is 16.5. The third-order valence-corrected chi connectivity index (χ3v) is 5.50. The van der Waals surface area contributed by atoms with E-state index in [1.54, 1.807) is 6.07 Å². The number of piperidine rings is 2. The molecule has 6 nitrogen and oxygen atoms in total. The lowest BCUT2D eigenvalue weighted by molar-refractivity contribution is -0.127. The number of amides is 1. The Kier molecular flexibility index (Phi) is 5.89. The van der Waals surface area contributed by atoms with Gasteiger partial charge >= 0.3 is 0 Å². The molecule has 0 saturated carbocycles. The maximum atomic E-state index is 12.5. The molecule has 2 aliphatic heterocycles. The molecule has 0 unspecified atom stereocenters. The first kappa shape index (κ1) is 17.4. The summed E-state index contributed by atoms with van der Waals surface area (Å²) in [6.07, 6.45) is 6.10. The Morgan fingerprint density at radius 1 is 1.33 bits per heavy atom. The van der Waals surface area contributed by atoms with Crippen molar-refractivity contribution >= 4 is 5.91 Å². The lowest BCUT2D eigenvalue weighted by Crippen LogP contribution is -2.51. The van der Waals surface area contributed by atoms with Crippen LogP contribution in [0.4, 0.5) is 0 Å². The molecule has 0 spiro atoms. The number of hydrogen-bond donors (Lipinski definition) is 1. The predicted octanol–water partition coefficient (Wildman–Crippen LogP) is 1.88. The van der Waals surface area contributed by atoms with Crippen LogP contribution in [0, 0.1) is 5.92 Å². The van der Waals surface area contributed by atoms with Gasteiger partial charge in [-0.3, -0.25) is 9.69 Å². The molecular weight excluding hydrogens is 304 g/mol. The Morgan fingerprint density at radius 2 is 2.12 bits per heavy atom. The largest absolute Gasteiger partial charge is 0.364 e. The average molecular weight is 334 g/mol. The minimum absolute atomic E-state index is 0.105. The first-order chi connectivity index (χ1) is 11.6. The maximum absolute atomic E-state index is 12.5. The normalized spacial score (nSPS) is 24.4. The van der Waals surface area contributed by atoms with Crippen LogP contribution >= 0.6 is 0 Å². The van der Waals surface area contributed by atoms with Crippen molar-refractivity contribution < 1.29 is 9.32 Å². The van der Waals surface area contributed by atoms with Crippen LogP contribution in [0.5, 0.6) is 0 Å². The van der Waals surface area contributed by atoms with Gasteiger partial charge in [0, 0.05) is 24.7 Å². The summed E-state index contributed by atoms with van der Waals surface area (Å²) >= 11 is 0. The van der Waals surface area contributed by atoms with Gasteiger partial charge < -0.3 is 14.7 Å². The van der Waals surface area contributed by atoms with E-state index in [1.165, 1.54) is 32.2 Å². The van der Waals surface area contributed by atoms with E-state index in [0.29, 0.717) is 18.6 Å². The molecule has 1 N–H and O–H groups in total. The van der Waals surface area contributed by atoms with Crippen molar-refractivity contribution in [3.63, 3.8) is 0 Å². The third kappa shape index (κ3) is 4.36.